The maximum absolute atomic E-state index is 13.6. The predicted molar refractivity (Wildman–Crippen MR) is 217 cm³/mol. The molecule has 7 rings (SSSR count). The van der Waals surface area contributed by atoms with Crippen LogP contribution in [0.25, 0.3) is 0 Å². The summed E-state index contributed by atoms with van der Waals surface area (Å²) in [6.45, 7) is 8.76. The van der Waals surface area contributed by atoms with Crippen molar-refractivity contribution in [3.63, 3.8) is 0 Å². The number of hydrogen-bond donors (Lipinski definition) is 4. The SMILES string of the molecule is COC(=O)N[C@H](C(=O)N1CCC[C@H]1c1ncc(C#Cc2sc(C#Cc3cnc([C@@H]4CCCN4C(=O)[C@@H](NC(=O)OC)C(C)C)[nH]3)c3c2CC2(CCCC2)C3)[nH]1)C(C)C. The number of nitrogens with zero attached hydrogens (tertiary/aromatic N) is 4. The van der Waals surface area contributed by atoms with Crippen molar-refractivity contribution in [2.24, 2.45) is 17.3 Å². The molecule has 14 nitrogen and oxygen atoms in total. The van der Waals surface area contributed by atoms with Crippen LogP contribution < -0.4 is 10.6 Å². The molecule has 0 bridgehead atoms. The van der Waals surface area contributed by atoms with Crippen LogP contribution >= 0.6 is 11.3 Å². The molecule has 3 aromatic heterocycles. The smallest absolute Gasteiger partial charge is 0.407 e. The molecule has 0 aromatic carbocycles. The first kappa shape index (κ1) is 40.9. The molecule has 0 unspecified atom stereocenters. The van der Waals surface area contributed by atoms with Crippen LogP contribution in [-0.2, 0) is 31.9 Å². The summed E-state index contributed by atoms with van der Waals surface area (Å²) in [5.74, 6) is 14.4. The third-order valence-electron chi connectivity index (χ3n) is 12.2. The standard InChI is InChI=1S/C43H54N8O6S/c1-25(2)35(48-41(54)56-5)39(52)50-19-9-11-31(50)37-44-23-27(46-37)13-15-33-29-21-43(17-7-8-18-43)22-30(29)34(58-33)16-14-28-24-45-38(47-28)32-12-10-20-51(32)40(53)36(26(3)4)49-42(55)57-6/h23-26,31-32,35-36H,7-12,17-22H2,1-6H3,(H,44,46)(H,45,47)(H,48,54)(H,49,55)/t31-,32-,35-,36-/m0/s1. The second-order valence-electron chi connectivity index (χ2n) is 16.7. The van der Waals surface area contributed by atoms with Gasteiger partial charge in [0.05, 0.1) is 48.5 Å². The van der Waals surface area contributed by atoms with Crippen molar-refractivity contribution in [2.75, 3.05) is 27.3 Å². The fourth-order valence-corrected chi connectivity index (χ4v) is 10.2. The van der Waals surface area contributed by atoms with Crippen molar-refractivity contribution in [1.29, 1.82) is 0 Å². The molecule has 2 aliphatic carbocycles. The number of aromatic nitrogens is 4. The molecule has 15 heteroatoms. The highest BCUT2D eigenvalue weighted by Gasteiger charge is 2.43. The molecule has 1 spiro atoms. The second kappa shape index (κ2) is 17.3. The van der Waals surface area contributed by atoms with Gasteiger partial charge in [-0.2, -0.15) is 0 Å². The Balaban J connectivity index is 1.10. The van der Waals surface area contributed by atoms with Crippen molar-refractivity contribution < 1.29 is 28.7 Å². The van der Waals surface area contributed by atoms with E-state index in [1.807, 2.05) is 27.7 Å². The average Bonchev–Trinajstić information content (AvgIpc) is 4.06. The number of rotatable bonds is 8. The van der Waals surface area contributed by atoms with Crippen LogP contribution in [0.15, 0.2) is 12.4 Å². The maximum atomic E-state index is 13.6. The molecule has 308 valence electrons. The van der Waals surface area contributed by atoms with Crippen molar-refractivity contribution in [2.45, 2.75) is 116 Å². The number of methoxy groups -OCH3 is 2. The van der Waals surface area contributed by atoms with Crippen LogP contribution in [0.2, 0.25) is 0 Å². The highest BCUT2D eigenvalue weighted by Crippen LogP contribution is 2.52. The van der Waals surface area contributed by atoms with Crippen LogP contribution in [0.3, 0.4) is 0 Å². The first-order valence-electron chi connectivity index (χ1n) is 20.5. The number of carbonyl (C=O) groups is 4. The molecule has 4 N–H and O–H groups in total. The number of nitrogens with one attached hydrogen (secondary N) is 4. The Bertz CT molecular complexity index is 2010. The van der Waals surface area contributed by atoms with Crippen LogP contribution in [0.4, 0.5) is 9.59 Å². The highest BCUT2D eigenvalue weighted by molar-refractivity contribution is 7.13. The molecule has 2 aliphatic heterocycles. The van der Waals surface area contributed by atoms with Gasteiger partial charge in [-0.15, -0.1) is 11.3 Å². The largest absolute Gasteiger partial charge is 0.453 e. The summed E-state index contributed by atoms with van der Waals surface area (Å²) in [6, 6.07) is -1.87. The monoisotopic (exact) mass is 810 g/mol. The first-order valence-corrected chi connectivity index (χ1v) is 21.3. The second-order valence-corrected chi connectivity index (χ2v) is 17.8. The minimum Gasteiger partial charge on any atom is -0.453 e. The van der Waals surface area contributed by atoms with Gasteiger partial charge < -0.3 is 39.9 Å². The van der Waals surface area contributed by atoms with E-state index in [1.54, 1.807) is 33.5 Å². The maximum Gasteiger partial charge on any atom is 0.407 e. The van der Waals surface area contributed by atoms with Gasteiger partial charge in [0.15, 0.2) is 0 Å². The van der Waals surface area contributed by atoms with Crippen LogP contribution in [0.1, 0.15) is 135 Å². The zero-order valence-corrected chi connectivity index (χ0v) is 35.1. The fraction of sp³-hybridized carbons (Fsp3) is 0.581. The van der Waals surface area contributed by atoms with E-state index in [4.69, 9.17) is 9.47 Å². The van der Waals surface area contributed by atoms with Crippen LogP contribution in [0.5, 0.6) is 0 Å². The lowest BCUT2D eigenvalue weighted by molar-refractivity contribution is -0.136. The Labute approximate surface area is 344 Å². The molecule has 3 fully saturated rings. The highest BCUT2D eigenvalue weighted by atomic mass is 32.1. The van der Waals surface area contributed by atoms with E-state index in [9.17, 15) is 19.2 Å². The summed E-state index contributed by atoms with van der Waals surface area (Å²) in [6.07, 6.45) is 12.4. The molecular formula is C43H54N8O6S. The quantitative estimate of drug-likeness (QED) is 0.209. The summed E-state index contributed by atoms with van der Waals surface area (Å²) in [5, 5.41) is 5.40. The van der Waals surface area contributed by atoms with Gasteiger partial charge in [0.2, 0.25) is 11.8 Å². The van der Waals surface area contributed by atoms with Gasteiger partial charge in [-0.25, -0.2) is 19.6 Å². The van der Waals surface area contributed by atoms with Gasteiger partial charge in [-0.3, -0.25) is 9.59 Å². The van der Waals surface area contributed by atoms with Gasteiger partial charge in [-0.05, 0) is 103 Å². The predicted octanol–water partition coefficient (Wildman–Crippen LogP) is 5.74. The zero-order chi connectivity index (χ0) is 41.1. The van der Waals surface area contributed by atoms with E-state index in [-0.39, 0.29) is 41.1 Å². The van der Waals surface area contributed by atoms with Gasteiger partial charge in [-0.1, -0.05) is 40.5 Å². The molecule has 4 aliphatic rings. The van der Waals surface area contributed by atoms with E-state index in [0.717, 1.165) is 48.3 Å². The molecule has 0 radical (unpaired) electrons. The third kappa shape index (κ3) is 8.46. The summed E-state index contributed by atoms with van der Waals surface area (Å²) in [5.41, 5.74) is 4.24. The van der Waals surface area contributed by atoms with Crippen molar-refractivity contribution in [3.05, 3.63) is 56.3 Å². The number of ether oxygens (including phenoxy) is 2. The van der Waals surface area contributed by atoms with Gasteiger partial charge in [0, 0.05) is 13.1 Å². The number of thiophene rings is 1. The van der Waals surface area contributed by atoms with E-state index in [0.29, 0.717) is 36.1 Å². The van der Waals surface area contributed by atoms with Crippen molar-refractivity contribution in [1.82, 2.24) is 40.4 Å². The number of hydrogen-bond acceptors (Lipinski definition) is 9. The Morgan fingerprint density at radius 1 is 0.724 bits per heavy atom. The lowest BCUT2D eigenvalue weighted by Gasteiger charge is -2.29. The van der Waals surface area contributed by atoms with E-state index >= 15 is 0 Å². The number of likely N-dealkylation sites (tertiary alicyclic amines) is 2. The van der Waals surface area contributed by atoms with E-state index in [2.05, 4.69) is 54.3 Å². The zero-order valence-electron chi connectivity index (χ0n) is 34.3. The average molecular weight is 811 g/mol. The number of aromatic amines is 2. The molecule has 2 saturated heterocycles. The third-order valence-corrected chi connectivity index (χ3v) is 13.3. The van der Waals surface area contributed by atoms with E-state index < -0.39 is 24.3 Å². The first-order chi connectivity index (χ1) is 27.9. The normalized spacial score (nSPS) is 20.3. The molecule has 4 atom stereocenters. The van der Waals surface area contributed by atoms with Gasteiger partial charge in [0.1, 0.15) is 35.1 Å². The summed E-state index contributed by atoms with van der Waals surface area (Å²) in [7, 11) is 2.58. The molecular weight excluding hydrogens is 757 g/mol. The topological polar surface area (TPSA) is 175 Å². The number of fused-ring (bicyclic) bond motifs is 1. The van der Waals surface area contributed by atoms with E-state index in [1.165, 1.54) is 51.0 Å². The number of alkyl carbamates (subject to hydrolysis) is 2. The lowest BCUT2D eigenvalue weighted by atomic mass is 9.83. The molecule has 4 amide bonds. The van der Waals surface area contributed by atoms with Crippen LogP contribution in [0, 0.1) is 40.9 Å². The summed E-state index contributed by atoms with van der Waals surface area (Å²) >= 11 is 1.63. The number of amides is 4. The fourth-order valence-electron chi connectivity index (χ4n) is 9.14. The Morgan fingerprint density at radius 2 is 1.16 bits per heavy atom. The molecule has 3 aromatic rings. The van der Waals surface area contributed by atoms with Gasteiger partial charge in [0.25, 0.3) is 0 Å². The Kier molecular flexibility index (Phi) is 12.2. The summed E-state index contributed by atoms with van der Waals surface area (Å²) in [4.78, 5) is 73.0. The van der Waals surface area contributed by atoms with Crippen molar-refractivity contribution >= 4 is 35.3 Å². The minimum absolute atomic E-state index is 0.115. The lowest BCUT2D eigenvalue weighted by Crippen LogP contribution is -2.51. The number of H-pyrrole nitrogens is 2. The molecule has 58 heavy (non-hydrogen) atoms. The summed E-state index contributed by atoms with van der Waals surface area (Å²) < 4.78 is 9.55. The van der Waals surface area contributed by atoms with Crippen LogP contribution in [-0.4, -0.2) is 93.1 Å². The molecule has 1 saturated carbocycles. The molecule has 5 heterocycles. The van der Waals surface area contributed by atoms with Gasteiger partial charge >= 0.3 is 12.2 Å². The van der Waals surface area contributed by atoms with Crippen molar-refractivity contribution in [3.8, 4) is 23.7 Å². The number of carbonyl (C=O) groups excluding carboxylic acids is 4. The number of imidazole rings is 2. The Morgan fingerprint density at radius 3 is 1.55 bits per heavy atom. The Hall–Kier alpha value is -5.28. The minimum atomic E-state index is -0.701.